The van der Waals surface area contributed by atoms with E-state index >= 15 is 0 Å². The molecule has 22 heavy (non-hydrogen) atoms. The Morgan fingerprint density at radius 1 is 1.09 bits per heavy atom. The van der Waals surface area contributed by atoms with Crippen LogP contribution in [0.3, 0.4) is 0 Å². The monoisotopic (exact) mass is 295 g/mol. The SMILES string of the molecule is O=C(NCc1cnn(-c2ccccc2)c1)c1ccccc1F. The first-order valence-electron chi connectivity index (χ1n) is 6.86. The smallest absolute Gasteiger partial charge is 0.254 e. The van der Waals surface area contributed by atoms with Crippen LogP contribution in [0.1, 0.15) is 15.9 Å². The fourth-order valence-corrected chi connectivity index (χ4v) is 2.10. The Kier molecular flexibility index (Phi) is 3.96. The van der Waals surface area contributed by atoms with Crippen molar-refractivity contribution in [3.63, 3.8) is 0 Å². The number of hydrogen-bond donors (Lipinski definition) is 1. The second-order valence-electron chi connectivity index (χ2n) is 4.79. The van der Waals surface area contributed by atoms with Gasteiger partial charge < -0.3 is 5.32 Å². The summed E-state index contributed by atoms with van der Waals surface area (Å²) in [6.07, 6.45) is 3.51. The van der Waals surface area contributed by atoms with Crippen LogP contribution in [0.15, 0.2) is 67.0 Å². The van der Waals surface area contributed by atoms with Crippen molar-refractivity contribution in [3.8, 4) is 5.69 Å². The van der Waals surface area contributed by atoms with Crippen LogP contribution in [0.2, 0.25) is 0 Å². The van der Waals surface area contributed by atoms with Crippen molar-refractivity contribution >= 4 is 5.91 Å². The highest BCUT2D eigenvalue weighted by Gasteiger charge is 2.10. The maximum absolute atomic E-state index is 13.5. The molecule has 3 aromatic rings. The van der Waals surface area contributed by atoms with Crippen molar-refractivity contribution in [3.05, 3.63) is 83.9 Å². The van der Waals surface area contributed by atoms with E-state index in [1.165, 1.54) is 12.1 Å². The van der Waals surface area contributed by atoms with Gasteiger partial charge in [0.25, 0.3) is 5.91 Å². The van der Waals surface area contributed by atoms with Gasteiger partial charge in [-0.15, -0.1) is 0 Å². The summed E-state index contributed by atoms with van der Waals surface area (Å²) in [6.45, 7) is 0.292. The third kappa shape index (κ3) is 3.03. The summed E-state index contributed by atoms with van der Waals surface area (Å²) in [5, 5.41) is 6.93. The van der Waals surface area contributed by atoms with Crippen molar-refractivity contribution in [2.24, 2.45) is 0 Å². The maximum atomic E-state index is 13.5. The van der Waals surface area contributed by atoms with Gasteiger partial charge >= 0.3 is 0 Å². The molecule has 2 aromatic carbocycles. The molecule has 1 amide bonds. The van der Waals surface area contributed by atoms with Crippen LogP contribution in [0.4, 0.5) is 4.39 Å². The summed E-state index contributed by atoms with van der Waals surface area (Å²) < 4.78 is 15.2. The van der Waals surface area contributed by atoms with Gasteiger partial charge in [0.05, 0.1) is 17.4 Å². The Morgan fingerprint density at radius 2 is 1.82 bits per heavy atom. The first-order valence-corrected chi connectivity index (χ1v) is 6.86. The summed E-state index contributed by atoms with van der Waals surface area (Å²) in [5.74, 6) is -0.967. The Hall–Kier alpha value is -2.95. The predicted molar refractivity (Wildman–Crippen MR) is 81.1 cm³/mol. The van der Waals surface area contributed by atoms with E-state index in [1.54, 1.807) is 23.0 Å². The van der Waals surface area contributed by atoms with Gasteiger partial charge in [-0.1, -0.05) is 30.3 Å². The van der Waals surface area contributed by atoms with Crippen molar-refractivity contribution in [1.82, 2.24) is 15.1 Å². The number of para-hydroxylation sites is 1. The molecular formula is C17H14FN3O. The topological polar surface area (TPSA) is 46.9 Å². The number of nitrogens with one attached hydrogen (secondary N) is 1. The van der Waals surface area contributed by atoms with E-state index in [0.717, 1.165) is 11.3 Å². The summed E-state index contributed by atoms with van der Waals surface area (Å²) >= 11 is 0. The molecule has 0 saturated heterocycles. The maximum Gasteiger partial charge on any atom is 0.254 e. The van der Waals surface area contributed by atoms with E-state index in [0.29, 0.717) is 6.54 Å². The van der Waals surface area contributed by atoms with Gasteiger partial charge in [0.2, 0.25) is 0 Å². The van der Waals surface area contributed by atoms with Crippen molar-refractivity contribution in [2.45, 2.75) is 6.54 Å². The first-order chi connectivity index (χ1) is 10.7. The molecule has 4 nitrogen and oxygen atoms in total. The summed E-state index contributed by atoms with van der Waals surface area (Å²) in [5.41, 5.74) is 1.82. The Balaban J connectivity index is 1.67. The molecule has 0 aliphatic heterocycles. The number of nitrogens with zero attached hydrogens (tertiary/aromatic N) is 2. The number of hydrogen-bond acceptors (Lipinski definition) is 2. The zero-order chi connectivity index (χ0) is 15.4. The molecule has 1 heterocycles. The molecule has 0 aliphatic carbocycles. The van der Waals surface area contributed by atoms with Gasteiger partial charge in [-0.25, -0.2) is 9.07 Å². The fraction of sp³-hybridized carbons (Fsp3) is 0.0588. The molecule has 0 fully saturated rings. The molecule has 0 spiro atoms. The van der Waals surface area contributed by atoms with Crippen LogP contribution in [0.5, 0.6) is 0 Å². The average Bonchev–Trinajstić information content (AvgIpc) is 3.03. The average molecular weight is 295 g/mol. The van der Waals surface area contributed by atoms with Crippen LogP contribution >= 0.6 is 0 Å². The van der Waals surface area contributed by atoms with Gasteiger partial charge in [0, 0.05) is 18.3 Å². The van der Waals surface area contributed by atoms with Crippen LogP contribution < -0.4 is 5.32 Å². The minimum absolute atomic E-state index is 0.0398. The van der Waals surface area contributed by atoms with Gasteiger partial charge in [-0.2, -0.15) is 5.10 Å². The first kappa shape index (κ1) is 14.0. The van der Waals surface area contributed by atoms with Crippen molar-refractivity contribution < 1.29 is 9.18 Å². The van der Waals surface area contributed by atoms with Gasteiger partial charge in [-0.3, -0.25) is 4.79 Å². The normalized spacial score (nSPS) is 10.4. The van der Waals surface area contributed by atoms with Crippen molar-refractivity contribution in [2.75, 3.05) is 0 Å². The summed E-state index contributed by atoms with van der Waals surface area (Å²) in [4.78, 5) is 11.9. The molecule has 1 N–H and O–H groups in total. The van der Waals surface area contributed by atoms with E-state index in [2.05, 4.69) is 10.4 Å². The lowest BCUT2D eigenvalue weighted by atomic mass is 10.2. The lowest BCUT2D eigenvalue weighted by Gasteiger charge is -2.04. The van der Waals surface area contributed by atoms with Crippen LogP contribution in [0.25, 0.3) is 5.69 Å². The van der Waals surface area contributed by atoms with E-state index in [4.69, 9.17) is 0 Å². The quantitative estimate of drug-likeness (QED) is 0.804. The number of benzene rings is 2. The summed E-state index contributed by atoms with van der Waals surface area (Å²) in [6, 6.07) is 15.6. The Morgan fingerprint density at radius 3 is 2.59 bits per heavy atom. The number of halogens is 1. The van der Waals surface area contributed by atoms with E-state index in [1.807, 2.05) is 36.5 Å². The molecule has 0 radical (unpaired) electrons. The molecule has 0 aliphatic rings. The van der Waals surface area contributed by atoms with Crippen molar-refractivity contribution in [1.29, 1.82) is 0 Å². The largest absolute Gasteiger partial charge is 0.348 e. The number of carbonyl (C=O) groups excluding carboxylic acids is 1. The molecule has 1 aromatic heterocycles. The third-order valence-electron chi connectivity index (χ3n) is 3.23. The van der Waals surface area contributed by atoms with E-state index < -0.39 is 11.7 Å². The number of rotatable bonds is 4. The highest BCUT2D eigenvalue weighted by atomic mass is 19.1. The zero-order valence-electron chi connectivity index (χ0n) is 11.7. The second-order valence-corrected chi connectivity index (χ2v) is 4.79. The molecule has 0 bridgehead atoms. The second kappa shape index (κ2) is 6.22. The Labute approximate surface area is 127 Å². The van der Waals surface area contributed by atoms with E-state index in [-0.39, 0.29) is 5.56 Å². The zero-order valence-corrected chi connectivity index (χ0v) is 11.7. The molecule has 3 rings (SSSR count). The minimum Gasteiger partial charge on any atom is -0.348 e. The number of amides is 1. The fourth-order valence-electron chi connectivity index (χ4n) is 2.10. The molecule has 0 atom stereocenters. The molecule has 0 unspecified atom stereocenters. The minimum atomic E-state index is -0.528. The Bertz CT molecular complexity index is 783. The highest BCUT2D eigenvalue weighted by molar-refractivity contribution is 5.94. The van der Waals surface area contributed by atoms with Gasteiger partial charge in [-0.05, 0) is 24.3 Å². The van der Waals surface area contributed by atoms with E-state index in [9.17, 15) is 9.18 Å². The lowest BCUT2D eigenvalue weighted by Crippen LogP contribution is -2.23. The standard InChI is InChI=1S/C17H14FN3O/c18-16-9-5-4-8-15(16)17(22)19-10-13-11-20-21(12-13)14-6-2-1-3-7-14/h1-9,11-12H,10H2,(H,19,22). The number of carbonyl (C=O) groups is 1. The molecule has 110 valence electrons. The molecule has 5 heteroatoms. The van der Waals surface area contributed by atoms with Crippen LogP contribution in [0, 0.1) is 5.82 Å². The highest BCUT2D eigenvalue weighted by Crippen LogP contribution is 2.09. The lowest BCUT2D eigenvalue weighted by molar-refractivity contribution is 0.0947. The molecular weight excluding hydrogens is 281 g/mol. The third-order valence-corrected chi connectivity index (χ3v) is 3.23. The predicted octanol–water partition coefficient (Wildman–Crippen LogP) is 2.94. The molecule has 0 saturated carbocycles. The number of aromatic nitrogens is 2. The van der Waals surface area contributed by atoms with Crippen LogP contribution in [-0.4, -0.2) is 15.7 Å². The van der Waals surface area contributed by atoms with Gasteiger partial charge in [0.15, 0.2) is 0 Å². The van der Waals surface area contributed by atoms with Crippen LogP contribution in [-0.2, 0) is 6.54 Å². The van der Waals surface area contributed by atoms with Gasteiger partial charge in [0.1, 0.15) is 5.82 Å². The summed E-state index contributed by atoms with van der Waals surface area (Å²) in [7, 11) is 0.